The van der Waals surface area contributed by atoms with Gasteiger partial charge in [0, 0.05) is 11.8 Å². The number of carbonyl (C=O) groups excluding carboxylic acids is 2. The van der Waals surface area contributed by atoms with Crippen LogP contribution in [0.25, 0.3) is 0 Å². The van der Waals surface area contributed by atoms with E-state index in [0.29, 0.717) is 11.8 Å². The molecule has 2 amide bonds. The van der Waals surface area contributed by atoms with Gasteiger partial charge in [-0.05, 0) is 50.1 Å². The molecule has 2 rings (SSSR count). The van der Waals surface area contributed by atoms with Crippen LogP contribution in [-0.4, -0.2) is 11.8 Å². The molecule has 0 radical (unpaired) electrons. The highest BCUT2D eigenvalue weighted by molar-refractivity contribution is 6.14. The van der Waals surface area contributed by atoms with Crippen molar-refractivity contribution < 1.29 is 18.4 Å². The number of hydrogen-bond acceptors (Lipinski definition) is 2. The molecule has 0 bridgehead atoms. The van der Waals surface area contributed by atoms with Crippen LogP contribution in [0.4, 0.5) is 20.2 Å². The molecule has 2 N–H and O–H groups in total. The minimum atomic E-state index is -1.45. The number of amides is 2. The van der Waals surface area contributed by atoms with Crippen molar-refractivity contribution in [2.45, 2.75) is 27.2 Å². The maximum absolute atomic E-state index is 13.7. The number of rotatable bonds is 5. The molecular weight excluding hydrogens is 326 g/mol. The van der Waals surface area contributed by atoms with Gasteiger partial charge in [0.15, 0.2) is 0 Å². The second-order valence-corrected chi connectivity index (χ2v) is 6.21. The lowest BCUT2D eigenvalue weighted by molar-refractivity contribution is -0.135. The van der Waals surface area contributed by atoms with E-state index in [1.54, 1.807) is 12.1 Å². The molecule has 25 heavy (non-hydrogen) atoms. The third-order valence-electron chi connectivity index (χ3n) is 3.93. The Bertz CT molecular complexity index is 787. The second kappa shape index (κ2) is 7.42. The highest BCUT2D eigenvalue weighted by atomic mass is 19.1. The van der Waals surface area contributed by atoms with E-state index in [1.165, 1.54) is 13.8 Å². The standard InChI is InChI=1S/C19H20F2N2O2/c1-4-12-5-8-14(9-6-12)22-17(24)19(2,3)18(25)23-16-10-7-13(20)11-15(16)21/h5-11H,4H2,1-3H3,(H,22,24)(H,23,25). The van der Waals surface area contributed by atoms with E-state index in [0.717, 1.165) is 24.1 Å². The van der Waals surface area contributed by atoms with Gasteiger partial charge in [-0.25, -0.2) is 8.78 Å². The predicted molar refractivity (Wildman–Crippen MR) is 93.2 cm³/mol. The summed E-state index contributed by atoms with van der Waals surface area (Å²) in [5, 5.41) is 4.99. The average Bonchev–Trinajstić information content (AvgIpc) is 2.57. The van der Waals surface area contributed by atoms with Gasteiger partial charge in [-0.1, -0.05) is 19.1 Å². The van der Waals surface area contributed by atoms with Crippen molar-refractivity contribution in [3.05, 3.63) is 59.7 Å². The molecule has 0 unspecified atom stereocenters. The largest absolute Gasteiger partial charge is 0.325 e. The molecule has 0 aromatic heterocycles. The summed E-state index contributed by atoms with van der Waals surface area (Å²) >= 11 is 0. The third kappa shape index (κ3) is 4.41. The van der Waals surface area contributed by atoms with Gasteiger partial charge in [-0.15, -0.1) is 0 Å². The van der Waals surface area contributed by atoms with Crippen LogP contribution in [0.2, 0.25) is 0 Å². The maximum atomic E-state index is 13.7. The van der Waals surface area contributed by atoms with E-state index in [9.17, 15) is 18.4 Å². The Balaban J connectivity index is 2.09. The van der Waals surface area contributed by atoms with Crippen molar-refractivity contribution in [2.75, 3.05) is 10.6 Å². The van der Waals surface area contributed by atoms with Crippen LogP contribution in [0.15, 0.2) is 42.5 Å². The van der Waals surface area contributed by atoms with Crippen LogP contribution in [0.3, 0.4) is 0 Å². The number of hydrogen-bond donors (Lipinski definition) is 2. The Kier molecular flexibility index (Phi) is 5.51. The molecule has 0 aliphatic rings. The fraction of sp³-hybridized carbons (Fsp3) is 0.263. The molecule has 0 atom stereocenters. The average molecular weight is 346 g/mol. The quantitative estimate of drug-likeness (QED) is 0.800. The fourth-order valence-corrected chi connectivity index (χ4v) is 2.08. The molecule has 0 aliphatic heterocycles. The number of nitrogens with one attached hydrogen (secondary N) is 2. The molecule has 4 nitrogen and oxygen atoms in total. The van der Waals surface area contributed by atoms with Crippen LogP contribution < -0.4 is 10.6 Å². The highest BCUT2D eigenvalue weighted by Crippen LogP contribution is 2.23. The van der Waals surface area contributed by atoms with Gasteiger partial charge in [0.1, 0.15) is 17.0 Å². The highest BCUT2D eigenvalue weighted by Gasteiger charge is 2.36. The Morgan fingerprint density at radius 1 is 0.960 bits per heavy atom. The van der Waals surface area contributed by atoms with Crippen molar-refractivity contribution in [2.24, 2.45) is 5.41 Å². The van der Waals surface area contributed by atoms with Crippen molar-refractivity contribution in [3.8, 4) is 0 Å². The number of anilines is 2. The van der Waals surface area contributed by atoms with Crippen LogP contribution >= 0.6 is 0 Å². The number of aryl methyl sites for hydroxylation is 1. The fourth-order valence-electron chi connectivity index (χ4n) is 2.08. The summed E-state index contributed by atoms with van der Waals surface area (Å²) in [7, 11) is 0. The van der Waals surface area contributed by atoms with Crippen molar-refractivity contribution in [3.63, 3.8) is 0 Å². The van der Waals surface area contributed by atoms with Gasteiger partial charge < -0.3 is 10.6 Å². The molecule has 2 aromatic carbocycles. The molecule has 0 saturated heterocycles. The zero-order valence-corrected chi connectivity index (χ0v) is 14.3. The van der Waals surface area contributed by atoms with Gasteiger partial charge in [0.2, 0.25) is 11.8 Å². The van der Waals surface area contributed by atoms with Crippen molar-refractivity contribution >= 4 is 23.2 Å². The number of halogens is 2. The SMILES string of the molecule is CCc1ccc(NC(=O)C(C)(C)C(=O)Nc2ccc(F)cc2F)cc1. The monoisotopic (exact) mass is 346 g/mol. The first kappa shape index (κ1) is 18.6. The molecule has 0 heterocycles. The lowest BCUT2D eigenvalue weighted by atomic mass is 9.90. The first-order chi connectivity index (χ1) is 11.7. The summed E-state index contributed by atoms with van der Waals surface area (Å²) in [5.41, 5.74) is 0.0574. The van der Waals surface area contributed by atoms with E-state index >= 15 is 0 Å². The van der Waals surface area contributed by atoms with Gasteiger partial charge in [0.25, 0.3) is 0 Å². The summed E-state index contributed by atoms with van der Waals surface area (Å²) in [4.78, 5) is 24.8. The van der Waals surface area contributed by atoms with E-state index < -0.39 is 28.9 Å². The molecule has 132 valence electrons. The van der Waals surface area contributed by atoms with Gasteiger partial charge in [-0.3, -0.25) is 9.59 Å². The van der Waals surface area contributed by atoms with Crippen LogP contribution in [-0.2, 0) is 16.0 Å². The molecule has 0 spiro atoms. The Morgan fingerprint density at radius 2 is 1.56 bits per heavy atom. The zero-order valence-electron chi connectivity index (χ0n) is 14.3. The zero-order chi connectivity index (χ0) is 18.6. The van der Waals surface area contributed by atoms with Crippen LogP contribution in [0.1, 0.15) is 26.3 Å². The van der Waals surface area contributed by atoms with Gasteiger partial charge >= 0.3 is 0 Å². The van der Waals surface area contributed by atoms with Crippen molar-refractivity contribution in [1.82, 2.24) is 0 Å². The minimum absolute atomic E-state index is 0.181. The summed E-state index contributed by atoms with van der Waals surface area (Å²) < 4.78 is 26.6. The first-order valence-corrected chi connectivity index (χ1v) is 7.91. The topological polar surface area (TPSA) is 58.2 Å². The molecule has 6 heteroatoms. The van der Waals surface area contributed by atoms with Gasteiger partial charge in [-0.2, -0.15) is 0 Å². The molecular formula is C19H20F2N2O2. The smallest absolute Gasteiger partial charge is 0.239 e. The third-order valence-corrected chi connectivity index (χ3v) is 3.93. The Morgan fingerprint density at radius 3 is 2.12 bits per heavy atom. The lowest BCUT2D eigenvalue weighted by Crippen LogP contribution is -2.41. The Hall–Kier alpha value is -2.76. The molecule has 2 aromatic rings. The molecule has 0 saturated carbocycles. The number of benzene rings is 2. The van der Waals surface area contributed by atoms with Crippen LogP contribution in [0, 0.1) is 17.0 Å². The lowest BCUT2D eigenvalue weighted by Gasteiger charge is -2.23. The van der Waals surface area contributed by atoms with Gasteiger partial charge in [0.05, 0.1) is 5.69 Å². The molecule has 0 fully saturated rings. The first-order valence-electron chi connectivity index (χ1n) is 7.91. The summed E-state index contributed by atoms with van der Waals surface area (Å²) in [6.07, 6.45) is 0.880. The normalized spacial score (nSPS) is 11.1. The van der Waals surface area contributed by atoms with Crippen LogP contribution in [0.5, 0.6) is 0 Å². The molecule has 0 aliphatic carbocycles. The van der Waals surface area contributed by atoms with Crippen molar-refractivity contribution in [1.29, 1.82) is 0 Å². The predicted octanol–water partition coefficient (Wildman–Crippen LogP) is 4.13. The minimum Gasteiger partial charge on any atom is -0.325 e. The Labute approximate surface area is 145 Å². The van der Waals surface area contributed by atoms with E-state index in [2.05, 4.69) is 10.6 Å². The summed E-state index contributed by atoms with van der Waals surface area (Å²) in [6.45, 7) is 4.88. The summed E-state index contributed by atoms with van der Waals surface area (Å²) in [5.74, 6) is -2.87. The van der Waals surface area contributed by atoms with E-state index in [4.69, 9.17) is 0 Å². The second-order valence-electron chi connectivity index (χ2n) is 6.21. The maximum Gasteiger partial charge on any atom is 0.239 e. The summed E-state index contributed by atoms with van der Waals surface area (Å²) in [6, 6.07) is 10.1. The van der Waals surface area contributed by atoms with E-state index in [-0.39, 0.29) is 5.69 Å². The number of carbonyl (C=O) groups is 2. The van der Waals surface area contributed by atoms with E-state index in [1.807, 2.05) is 19.1 Å².